The molecule has 13 heavy (non-hydrogen) atoms. The summed E-state index contributed by atoms with van der Waals surface area (Å²) in [4.78, 5) is 14.8. The van der Waals surface area contributed by atoms with Gasteiger partial charge in [-0.1, -0.05) is 34.8 Å². The van der Waals surface area contributed by atoms with E-state index >= 15 is 0 Å². The van der Waals surface area contributed by atoms with E-state index in [-0.39, 0.29) is 0 Å². The molecule has 0 aliphatic carbocycles. The van der Waals surface area contributed by atoms with Gasteiger partial charge in [0.2, 0.25) is 3.79 Å². The van der Waals surface area contributed by atoms with Crippen molar-refractivity contribution >= 4 is 47.2 Å². The molecule has 1 rings (SSSR count). The Balaban J connectivity index is 2.74. The molecule has 0 aromatic rings. The van der Waals surface area contributed by atoms with Gasteiger partial charge in [-0.05, 0) is 0 Å². The molecule has 0 N–H and O–H groups in total. The third kappa shape index (κ3) is 2.39. The number of ether oxygens (including phenoxy) is 2. The van der Waals surface area contributed by atoms with Crippen molar-refractivity contribution < 1.29 is 14.3 Å². The van der Waals surface area contributed by atoms with Gasteiger partial charge in [-0.3, -0.25) is 0 Å². The molecule has 1 heterocycles. The second kappa shape index (κ2) is 3.90. The van der Waals surface area contributed by atoms with Gasteiger partial charge in [-0.25, -0.2) is 9.79 Å². The Labute approximate surface area is 89.8 Å². The van der Waals surface area contributed by atoms with E-state index < -0.39 is 21.9 Å². The molecule has 1 aliphatic heterocycles. The number of hydrogen-bond donors (Lipinski definition) is 0. The second-order valence-electron chi connectivity index (χ2n) is 2.32. The zero-order valence-electron chi connectivity index (χ0n) is 6.54. The van der Waals surface area contributed by atoms with Crippen LogP contribution >= 0.6 is 34.8 Å². The number of aliphatic imine (C=N–C) groups is 1. The first-order chi connectivity index (χ1) is 5.96. The predicted molar refractivity (Wildman–Crippen MR) is 49.5 cm³/mol. The Morgan fingerprint density at radius 1 is 1.62 bits per heavy atom. The van der Waals surface area contributed by atoms with Crippen LogP contribution in [0.25, 0.3) is 0 Å². The summed E-state index contributed by atoms with van der Waals surface area (Å²) < 4.78 is 7.62. The van der Waals surface area contributed by atoms with Gasteiger partial charge < -0.3 is 9.47 Å². The number of esters is 1. The highest BCUT2D eigenvalue weighted by Crippen LogP contribution is 2.36. The summed E-state index contributed by atoms with van der Waals surface area (Å²) in [6, 6.07) is -0.905. The Hall–Kier alpha value is -0.190. The van der Waals surface area contributed by atoms with Gasteiger partial charge >= 0.3 is 5.97 Å². The lowest BCUT2D eigenvalue weighted by molar-refractivity contribution is -0.143. The average Bonchev–Trinajstić information content (AvgIpc) is 2.49. The highest BCUT2D eigenvalue weighted by atomic mass is 35.6. The minimum absolute atomic E-state index is 0.593. The van der Waals surface area contributed by atoms with Crippen LogP contribution in [0.5, 0.6) is 0 Å². The number of halogens is 3. The molecule has 0 saturated carbocycles. The van der Waals surface area contributed by atoms with Crippen molar-refractivity contribution in [1.29, 1.82) is 0 Å². The van der Waals surface area contributed by atoms with E-state index in [1.807, 2.05) is 0 Å². The van der Waals surface area contributed by atoms with Crippen LogP contribution in [0.3, 0.4) is 0 Å². The number of carbonyl (C=O) groups excluding carboxylic acids is 1. The number of nitrogens with zero attached hydrogens (tertiary/aromatic N) is 1. The maximum Gasteiger partial charge on any atom is 0.334 e. The van der Waals surface area contributed by atoms with Gasteiger partial charge in [0.1, 0.15) is 0 Å². The van der Waals surface area contributed by atoms with Crippen LogP contribution in [0.2, 0.25) is 0 Å². The molecule has 0 bridgehead atoms. The minimum Gasteiger partial charge on any atom is -0.473 e. The minimum atomic E-state index is -1.70. The van der Waals surface area contributed by atoms with Crippen LogP contribution in [0.1, 0.15) is 0 Å². The summed E-state index contributed by atoms with van der Waals surface area (Å²) in [7, 11) is 1.23. The average molecular weight is 246 g/mol. The third-order valence-corrected chi connectivity index (χ3v) is 2.13. The Bertz CT molecular complexity index is 238. The summed E-state index contributed by atoms with van der Waals surface area (Å²) in [5.74, 6) is -0.593. The Kier molecular flexibility index (Phi) is 3.27. The van der Waals surface area contributed by atoms with Crippen LogP contribution in [-0.2, 0) is 14.3 Å². The van der Waals surface area contributed by atoms with Gasteiger partial charge in [0.25, 0.3) is 0 Å². The zero-order valence-corrected chi connectivity index (χ0v) is 8.81. The fourth-order valence-electron chi connectivity index (χ4n) is 0.880. The molecule has 7 heteroatoms. The molecule has 0 amide bonds. The molecule has 0 spiro atoms. The van der Waals surface area contributed by atoms with Crippen molar-refractivity contribution in [2.45, 2.75) is 15.9 Å². The van der Waals surface area contributed by atoms with E-state index in [2.05, 4.69) is 9.73 Å². The van der Waals surface area contributed by atoms with Gasteiger partial charge in [0, 0.05) is 0 Å². The van der Waals surface area contributed by atoms with Gasteiger partial charge in [-0.15, -0.1) is 0 Å². The van der Waals surface area contributed by atoms with E-state index in [4.69, 9.17) is 39.5 Å². The highest BCUT2D eigenvalue weighted by molar-refractivity contribution is 6.68. The number of alkyl halides is 3. The van der Waals surface area contributed by atoms with E-state index in [1.54, 1.807) is 0 Å². The fraction of sp³-hybridized carbons (Fsp3) is 0.667. The molecule has 1 aliphatic rings. The van der Waals surface area contributed by atoms with Crippen molar-refractivity contribution in [1.82, 2.24) is 0 Å². The topological polar surface area (TPSA) is 47.9 Å². The van der Waals surface area contributed by atoms with Gasteiger partial charge in [0.15, 0.2) is 18.5 Å². The lowest BCUT2D eigenvalue weighted by Crippen LogP contribution is -2.40. The van der Waals surface area contributed by atoms with Crippen molar-refractivity contribution in [2.75, 3.05) is 7.11 Å². The summed E-state index contributed by atoms with van der Waals surface area (Å²) >= 11 is 16.7. The lowest BCUT2D eigenvalue weighted by atomic mass is 10.2. The Morgan fingerprint density at radius 3 is 2.69 bits per heavy atom. The van der Waals surface area contributed by atoms with Crippen molar-refractivity contribution in [2.24, 2.45) is 4.99 Å². The number of methoxy groups -OCH3 is 1. The summed E-state index contributed by atoms with van der Waals surface area (Å²) in [6.07, 6.45) is 0.152. The smallest absolute Gasteiger partial charge is 0.334 e. The molecule has 0 fully saturated rings. The first-order valence-electron chi connectivity index (χ1n) is 3.28. The SMILES string of the molecule is COC(=O)[C@@H]1N=CO[C@H]1C(Cl)(Cl)Cl. The highest BCUT2D eigenvalue weighted by Gasteiger charge is 2.46. The fourth-order valence-corrected chi connectivity index (χ4v) is 1.39. The lowest BCUT2D eigenvalue weighted by Gasteiger charge is -2.21. The maximum absolute atomic E-state index is 11.1. The molecule has 0 saturated heterocycles. The predicted octanol–water partition coefficient (Wildman–Crippen LogP) is 1.33. The molecule has 0 aromatic heterocycles. The van der Waals surface area contributed by atoms with E-state index in [9.17, 15) is 4.79 Å². The van der Waals surface area contributed by atoms with Crippen LogP contribution in [0.4, 0.5) is 0 Å². The van der Waals surface area contributed by atoms with Crippen LogP contribution < -0.4 is 0 Å². The molecular formula is C6H6Cl3NO3. The normalized spacial score (nSPS) is 27.1. The Morgan fingerprint density at radius 2 is 2.23 bits per heavy atom. The van der Waals surface area contributed by atoms with E-state index in [0.717, 1.165) is 6.40 Å². The molecule has 74 valence electrons. The monoisotopic (exact) mass is 245 g/mol. The third-order valence-electron chi connectivity index (χ3n) is 1.48. The number of hydrogen-bond acceptors (Lipinski definition) is 4. The van der Waals surface area contributed by atoms with Crippen molar-refractivity contribution in [3.63, 3.8) is 0 Å². The number of carbonyl (C=O) groups is 1. The first-order valence-corrected chi connectivity index (χ1v) is 4.42. The van der Waals surface area contributed by atoms with E-state index in [0.29, 0.717) is 0 Å². The molecule has 0 unspecified atom stereocenters. The van der Waals surface area contributed by atoms with Crippen LogP contribution in [-0.4, -0.2) is 35.4 Å². The molecule has 0 aromatic carbocycles. The second-order valence-corrected chi connectivity index (χ2v) is 4.69. The van der Waals surface area contributed by atoms with Crippen LogP contribution in [0.15, 0.2) is 4.99 Å². The number of rotatable bonds is 1. The quantitative estimate of drug-likeness (QED) is 0.518. The standard InChI is InChI=1S/C6H6Cl3NO3/c1-12-5(11)3-4(6(7,8)9)13-2-10-3/h2-4H,1H3/t3-,4-/m1/s1. The van der Waals surface area contributed by atoms with Crippen LogP contribution in [0, 0.1) is 0 Å². The first kappa shape index (κ1) is 10.9. The van der Waals surface area contributed by atoms with Crippen molar-refractivity contribution in [3.05, 3.63) is 0 Å². The summed E-state index contributed by atoms with van der Waals surface area (Å²) in [5.41, 5.74) is 0. The molecule has 4 nitrogen and oxygen atoms in total. The van der Waals surface area contributed by atoms with Gasteiger partial charge in [0.05, 0.1) is 7.11 Å². The summed E-state index contributed by atoms with van der Waals surface area (Å²) in [6.45, 7) is 0. The molecular weight excluding hydrogens is 240 g/mol. The van der Waals surface area contributed by atoms with E-state index in [1.165, 1.54) is 7.11 Å². The van der Waals surface area contributed by atoms with Gasteiger partial charge in [-0.2, -0.15) is 0 Å². The molecule has 2 atom stereocenters. The van der Waals surface area contributed by atoms with Crippen molar-refractivity contribution in [3.8, 4) is 0 Å². The maximum atomic E-state index is 11.1. The largest absolute Gasteiger partial charge is 0.473 e. The summed E-state index contributed by atoms with van der Waals surface area (Å²) in [5, 5.41) is 0. The zero-order chi connectivity index (χ0) is 10.1. The molecule has 0 radical (unpaired) electrons.